The van der Waals surface area contributed by atoms with Gasteiger partial charge in [-0.25, -0.2) is 0 Å². The molecule has 0 unspecified atom stereocenters. The third kappa shape index (κ3) is 4.78. The predicted octanol–water partition coefficient (Wildman–Crippen LogP) is 4.78. The van der Waals surface area contributed by atoms with Crippen LogP contribution in [-0.4, -0.2) is 35.5 Å². The summed E-state index contributed by atoms with van der Waals surface area (Å²) in [6.07, 6.45) is 2.38. The van der Waals surface area contributed by atoms with Gasteiger partial charge in [0.15, 0.2) is 12.4 Å². The number of carbonyl (C=O) groups excluding carboxylic acids is 2. The van der Waals surface area contributed by atoms with E-state index in [-0.39, 0.29) is 24.3 Å². The maximum Gasteiger partial charge on any atom is 0.202 e. The maximum absolute atomic E-state index is 12.8. The molecule has 1 fully saturated rings. The van der Waals surface area contributed by atoms with E-state index >= 15 is 0 Å². The van der Waals surface area contributed by atoms with Crippen molar-refractivity contribution in [3.05, 3.63) is 88.7 Å². The van der Waals surface area contributed by atoms with Gasteiger partial charge in [0, 0.05) is 41.2 Å². The van der Waals surface area contributed by atoms with Crippen LogP contribution in [0.2, 0.25) is 0 Å². The normalized spacial score (nSPS) is 15.7. The quantitative estimate of drug-likeness (QED) is 0.495. The lowest BCUT2D eigenvalue weighted by Crippen LogP contribution is -2.18. The molecule has 1 atom stereocenters. The zero-order valence-corrected chi connectivity index (χ0v) is 18.0. The van der Waals surface area contributed by atoms with Crippen molar-refractivity contribution in [3.8, 4) is 5.75 Å². The van der Waals surface area contributed by atoms with Crippen LogP contribution in [0, 0.1) is 13.8 Å². The van der Waals surface area contributed by atoms with Crippen molar-refractivity contribution in [2.75, 3.05) is 13.2 Å². The molecule has 0 saturated carbocycles. The molecule has 4 rings (SSSR count). The second kappa shape index (κ2) is 9.31. The Kier molecular flexibility index (Phi) is 6.33. The zero-order valence-electron chi connectivity index (χ0n) is 18.0. The average Bonchev–Trinajstić information content (AvgIpc) is 3.42. The van der Waals surface area contributed by atoms with E-state index in [1.165, 1.54) is 0 Å². The number of carbonyl (C=O) groups is 2. The monoisotopic (exact) mass is 417 g/mol. The molecule has 0 N–H and O–H groups in total. The number of hydrogen-bond donors (Lipinski definition) is 0. The minimum absolute atomic E-state index is 0.0399. The first-order valence-corrected chi connectivity index (χ1v) is 10.7. The van der Waals surface area contributed by atoms with Gasteiger partial charge in [0.1, 0.15) is 5.75 Å². The minimum Gasteiger partial charge on any atom is -0.485 e. The SMILES string of the molecule is Cc1cc(C(=O)COc2ccc(C(=O)c3ccccc3)cc2)c(C)n1C[C@H]1CCCO1. The number of benzene rings is 2. The summed E-state index contributed by atoms with van der Waals surface area (Å²) in [6.45, 7) is 5.54. The van der Waals surface area contributed by atoms with E-state index < -0.39 is 0 Å². The molecule has 5 heteroatoms. The van der Waals surface area contributed by atoms with Crippen LogP contribution in [0.1, 0.15) is 50.5 Å². The summed E-state index contributed by atoms with van der Waals surface area (Å²) < 4.78 is 13.6. The van der Waals surface area contributed by atoms with Crippen molar-refractivity contribution in [1.82, 2.24) is 4.57 Å². The summed E-state index contributed by atoms with van der Waals surface area (Å²) in [4.78, 5) is 25.3. The highest BCUT2D eigenvalue weighted by Crippen LogP contribution is 2.21. The molecule has 2 heterocycles. The number of aryl methyl sites for hydroxylation is 1. The molecule has 0 bridgehead atoms. The van der Waals surface area contributed by atoms with Crippen LogP contribution in [0.3, 0.4) is 0 Å². The van der Waals surface area contributed by atoms with E-state index in [9.17, 15) is 9.59 Å². The van der Waals surface area contributed by atoms with E-state index in [4.69, 9.17) is 9.47 Å². The third-order valence-electron chi connectivity index (χ3n) is 5.81. The molecule has 1 aliphatic rings. The summed E-state index contributed by atoms with van der Waals surface area (Å²) in [7, 11) is 0. The van der Waals surface area contributed by atoms with Gasteiger partial charge in [-0.15, -0.1) is 0 Å². The van der Waals surface area contributed by atoms with Gasteiger partial charge in [0.25, 0.3) is 0 Å². The maximum atomic E-state index is 12.8. The Bertz CT molecular complexity index is 1060. The molecule has 3 aromatic rings. The lowest BCUT2D eigenvalue weighted by Gasteiger charge is -2.14. The first-order chi connectivity index (χ1) is 15.0. The van der Waals surface area contributed by atoms with Crippen LogP contribution < -0.4 is 4.74 Å². The summed E-state index contributed by atoms with van der Waals surface area (Å²) in [5, 5.41) is 0. The average molecular weight is 418 g/mol. The van der Waals surface area contributed by atoms with Crippen LogP contribution in [0.4, 0.5) is 0 Å². The van der Waals surface area contributed by atoms with Gasteiger partial charge >= 0.3 is 0 Å². The fourth-order valence-electron chi connectivity index (χ4n) is 4.04. The van der Waals surface area contributed by atoms with Crippen molar-refractivity contribution < 1.29 is 19.1 Å². The molecular formula is C26H27NO4. The highest BCUT2D eigenvalue weighted by molar-refractivity contribution is 6.09. The second-order valence-electron chi connectivity index (χ2n) is 7.96. The highest BCUT2D eigenvalue weighted by Gasteiger charge is 2.21. The number of Topliss-reactive ketones (excluding diaryl/α,β-unsaturated/α-hetero) is 1. The number of rotatable bonds is 8. The molecule has 1 aromatic heterocycles. The van der Waals surface area contributed by atoms with Crippen molar-refractivity contribution in [3.63, 3.8) is 0 Å². The van der Waals surface area contributed by atoms with Gasteiger partial charge in [-0.3, -0.25) is 9.59 Å². The second-order valence-corrected chi connectivity index (χ2v) is 7.96. The van der Waals surface area contributed by atoms with Gasteiger partial charge in [0.05, 0.1) is 6.10 Å². The molecule has 160 valence electrons. The predicted molar refractivity (Wildman–Crippen MR) is 119 cm³/mol. The lowest BCUT2D eigenvalue weighted by atomic mass is 10.0. The molecule has 0 spiro atoms. The summed E-state index contributed by atoms with van der Waals surface area (Å²) in [5.41, 5.74) is 3.92. The largest absolute Gasteiger partial charge is 0.485 e. The van der Waals surface area contributed by atoms with E-state index in [1.807, 2.05) is 38.1 Å². The first kappa shape index (κ1) is 21.1. The number of aromatic nitrogens is 1. The molecule has 0 radical (unpaired) electrons. The lowest BCUT2D eigenvalue weighted by molar-refractivity contribution is 0.0914. The van der Waals surface area contributed by atoms with Crippen LogP contribution in [-0.2, 0) is 11.3 Å². The van der Waals surface area contributed by atoms with Gasteiger partial charge in [0.2, 0.25) is 5.78 Å². The molecule has 2 aromatic carbocycles. The molecule has 1 saturated heterocycles. The highest BCUT2D eigenvalue weighted by atomic mass is 16.5. The van der Waals surface area contributed by atoms with Gasteiger partial charge in [-0.1, -0.05) is 30.3 Å². The minimum atomic E-state index is -0.0591. The molecule has 1 aliphatic heterocycles. The topological polar surface area (TPSA) is 57.5 Å². The molecule has 5 nitrogen and oxygen atoms in total. The van der Waals surface area contributed by atoms with Gasteiger partial charge in [-0.2, -0.15) is 0 Å². The number of ketones is 2. The number of ether oxygens (including phenoxy) is 2. The Morgan fingerprint density at radius 2 is 1.74 bits per heavy atom. The molecular weight excluding hydrogens is 390 g/mol. The van der Waals surface area contributed by atoms with E-state index in [0.717, 1.165) is 37.4 Å². The van der Waals surface area contributed by atoms with Gasteiger partial charge < -0.3 is 14.0 Å². The summed E-state index contributed by atoms with van der Waals surface area (Å²) in [5.74, 6) is 0.462. The van der Waals surface area contributed by atoms with Crippen LogP contribution in [0.15, 0.2) is 60.7 Å². The van der Waals surface area contributed by atoms with Crippen molar-refractivity contribution in [2.45, 2.75) is 39.3 Å². The fraction of sp³-hybridized carbons (Fsp3) is 0.308. The van der Waals surface area contributed by atoms with Crippen LogP contribution >= 0.6 is 0 Å². The Morgan fingerprint density at radius 3 is 2.42 bits per heavy atom. The number of hydrogen-bond acceptors (Lipinski definition) is 4. The Hall–Kier alpha value is -3.18. The third-order valence-corrected chi connectivity index (χ3v) is 5.81. The number of nitrogens with zero attached hydrogens (tertiary/aromatic N) is 1. The van der Waals surface area contributed by atoms with Crippen molar-refractivity contribution in [1.29, 1.82) is 0 Å². The van der Waals surface area contributed by atoms with Crippen LogP contribution in [0.5, 0.6) is 5.75 Å². The van der Waals surface area contributed by atoms with Crippen molar-refractivity contribution in [2.24, 2.45) is 0 Å². The molecule has 0 aliphatic carbocycles. The Morgan fingerprint density at radius 1 is 1.03 bits per heavy atom. The zero-order chi connectivity index (χ0) is 21.8. The van der Waals surface area contributed by atoms with Crippen molar-refractivity contribution >= 4 is 11.6 Å². The Labute approximate surface area is 182 Å². The van der Waals surface area contributed by atoms with E-state index in [1.54, 1.807) is 36.4 Å². The molecule has 31 heavy (non-hydrogen) atoms. The molecule has 0 amide bonds. The fourth-order valence-corrected chi connectivity index (χ4v) is 4.04. The van der Waals surface area contributed by atoms with E-state index in [0.29, 0.717) is 22.4 Å². The smallest absolute Gasteiger partial charge is 0.202 e. The van der Waals surface area contributed by atoms with Gasteiger partial charge in [-0.05, 0) is 57.0 Å². The summed E-state index contributed by atoms with van der Waals surface area (Å²) in [6, 6.07) is 18.0. The Balaban J connectivity index is 1.38. The first-order valence-electron chi connectivity index (χ1n) is 10.7. The standard InChI is InChI=1S/C26H27NO4/c1-18-15-24(19(2)27(18)16-23-9-6-14-30-23)25(28)17-31-22-12-10-21(11-13-22)26(29)20-7-4-3-5-8-20/h3-5,7-8,10-13,15,23H,6,9,14,16-17H2,1-2H3/t23-/m1/s1. The van der Waals surface area contributed by atoms with Crippen LogP contribution in [0.25, 0.3) is 0 Å². The van der Waals surface area contributed by atoms with E-state index in [2.05, 4.69) is 4.57 Å². The summed E-state index contributed by atoms with van der Waals surface area (Å²) >= 11 is 0.